The van der Waals surface area contributed by atoms with Crippen molar-refractivity contribution in [1.82, 2.24) is 19.8 Å². The van der Waals surface area contributed by atoms with Gasteiger partial charge < -0.3 is 14.6 Å². The summed E-state index contributed by atoms with van der Waals surface area (Å²) in [5.74, 6) is 0.283. The van der Waals surface area contributed by atoms with Crippen molar-refractivity contribution in [3.05, 3.63) is 51.6 Å². The monoisotopic (exact) mass is 520 g/mol. The standard InChI is InChI=1S/C26H31F3N4O2S/c1-15-9-19-18-7-5-6-8-20(18)31-21(19)22(33(15)14-26(27,28)29)23-30-11-17(36-23)10-16-12-32(13-16)24(34)35-25(2,3)4/h5-8,11,15-16,22,31H,9-10,12-14H2,1-4H3/t15-,22+/m1/s1. The largest absolute Gasteiger partial charge is 0.444 e. The SMILES string of the molecule is C[C@@H]1Cc2c([nH]c3ccccc23)[C@@H](c2ncc(CC3CN(C(=O)OC(C)(C)C)C3)s2)N1CC(F)(F)F. The molecule has 0 saturated carbocycles. The fourth-order valence-electron chi connectivity index (χ4n) is 5.23. The van der Waals surface area contributed by atoms with Gasteiger partial charge in [0.05, 0.1) is 6.54 Å². The van der Waals surface area contributed by atoms with Crippen molar-refractivity contribution in [1.29, 1.82) is 0 Å². The molecular formula is C26H31F3N4O2S. The van der Waals surface area contributed by atoms with Crippen molar-refractivity contribution in [2.45, 2.75) is 64.4 Å². The zero-order chi connectivity index (χ0) is 25.8. The Morgan fingerprint density at radius 2 is 1.94 bits per heavy atom. The van der Waals surface area contributed by atoms with Gasteiger partial charge in [0.15, 0.2) is 0 Å². The van der Waals surface area contributed by atoms with Crippen molar-refractivity contribution in [2.75, 3.05) is 19.6 Å². The molecule has 1 fully saturated rings. The molecule has 0 unspecified atom stereocenters. The number of benzene rings is 1. The topological polar surface area (TPSA) is 61.5 Å². The van der Waals surface area contributed by atoms with E-state index in [9.17, 15) is 18.0 Å². The molecule has 5 rings (SSSR count). The van der Waals surface area contributed by atoms with E-state index >= 15 is 0 Å². The van der Waals surface area contributed by atoms with Crippen LogP contribution in [0.5, 0.6) is 0 Å². The lowest BCUT2D eigenvalue weighted by Crippen LogP contribution is -2.52. The number of hydrogen-bond acceptors (Lipinski definition) is 5. The first-order valence-electron chi connectivity index (χ1n) is 12.2. The molecule has 2 aromatic heterocycles. The minimum atomic E-state index is -4.31. The van der Waals surface area contributed by atoms with Gasteiger partial charge in [0, 0.05) is 46.8 Å². The molecule has 2 atom stereocenters. The molecular weight excluding hydrogens is 489 g/mol. The lowest BCUT2D eigenvalue weighted by molar-refractivity contribution is -0.155. The molecule has 36 heavy (non-hydrogen) atoms. The normalized spacial score (nSPS) is 21.5. The lowest BCUT2D eigenvalue weighted by atomic mass is 9.92. The van der Waals surface area contributed by atoms with Crippen molar-refractivity contribution in [3.8, 4) is 0 Å². The van der Waals surface area contributed by atoms with E-state index in [2.05, 4.69) is 9.97 Å². The highest BCUT2D eigenvalue weighted by atomic mass is 32.1. The molecule has 0 spiro atoms. The number of H-pyrrole nitrogens is 1. The number of fused-ring (bicyclic) bond motifs is 3. The minimum absolute atomic E-state index is 0.283. The van der Waals surface area contributed by atoms with Crippen LogP contribution in [0.25, 0.3) is 10.9 Å². The van der Waals surface area contributed by atoms with Gasteiger partial charge in [-0.25, -0.2) is 9.78 Å². The smallest absolute Gasteiger partial charge is 0.410 e. The number of likely N-dealkylation sites (tertiary alicyclic amines) is 1. The Morgan fingerprint density at radius 1 is 1.22 bits per heavy atom. The Bertz CT molecular complexity index is 1260. The fraction of sp³-hybridized carbons (Fsp3) is 0.538. The summed E-state index contributed by atoms with van der Waals surface area (Å²) in [5, 5.41) is 1.72. The summed E-state index contributed by atoms with van der Waals surface area (Å²) in [4.78, 5) is 24.5. The van der Waals surface area contributed by atoms with E-state index in [0.717, 1.165) is 33.5 Å². The van der Waals surface area contributed by atoms with Crippen LogP contribution in [0.3, 0.4) is 0 Å². The van der Waals surface area contributed by atoms with E-state index in [1.807, 2.05) is 52.0 Å². The Labute approximate surface area is 212 Å². The minimum Gasteiger partial charge on any atom is -0.444 e. The predicted octanol–water partition coefficient (Wildman–Crippen LogP) is 5.93. The van der Waals surface area contributed by atoms with E-state index in [4.69, 9.17) is 4.74 Å². The Kier molecular flexibility index (Phi) is 6.31. The summed E-state index contributed by atoms with van der Waals surface area (Å²) >= 11 is 1.47. The van der Waals surface area contributed by atoms with Crippen LogP contribution in [-0.4, -0.2) is 63.3 Å². The number of aromatic nitrogens is 2. The molecule has 2 aliphatic heterocycles. The van der Waals surface area contributed by atoms with Crippen LogP contribution in [0.15, 0.2) is 30.5 Å². The summed E-state index contributed by atoms with van der Waals surface area (Å²) < 4.78 is 46.2. The summed E-state index contributed by atoms with van der Waals surface area (Å²) in [7, 11) is 0. The number of carbonyl (C=O) groups excluding carboxylic acids is 1. The van der Waals surface area contributed by atoms with Crippen LogP contribution in [0.1, 0.15) is 54.9 Å². The van der Waals surface area contributed by atoms with Crippen molar-refractivity contribution in [2.24, 2.45) is 5.92 Å². The van der Waals surface area contributed by atoms with Gasteiger partial charge in [-0.2, -0.15) is 13.2 Å². The van der Waals surface area contributed by atoms with Gasteiger partial charge in [-0.1, -0.05) is 18.2 Å². The molecule has 1 amide bonds. The average molecular weight is 521 g/mol. The number of carbonyl (C=O) groups is 1. The maximum Gasteiger partial charge on any atom is 0.410 e. The number of amides is 1. The first-order chi connectivity index (χ1) is 16.9. The van der Waals surface area contributed by atoms with Crippen LogP contribution in [0.4, 0.5) is 18.0 Å². The van der Waals surface area contributed by atoms with Gasteiger partial charge in [0.2, 0.25) is 0 Å². The number of para-hydroxylation sites is 1. The molecule has 194 valence electrons. The number of hydrogen-bond donors (Lipinski definition) is 1. The van der Waals surface area contributed by atoms with E-state index in [0.29, 0.717) is 24.5 Å². The number of ether oxygens (including phenoxy) is 1. The van der Waals surface area contributed by atoms with Crippen LogP contribution >= 0.6 is 11.3 Å². The van der Waals surface area contributed by atoms with Gasteiger partial charge in [0.25, 0.3) is 0 Å². The third-order valence-electron chi connectivity index (χ3n) is 6.78. The molecule has 6 nitrogen and oxygen atoms in total. The molecule has 0 radical (unpaired) electrons. The van der Waals surface area contributed by atoms with Crippen molar-refractivity contribution >= 4 is 28.3 Å². The van der Waals surface area contributed by atoms with Crippen molar-refractivity contribution in [3.63, 3.8) is 0 Å². The molecule has 1 saturated heterocycles. The first kappa shape index (κ1) is 25.1. The second-order valence-corrected chi connectivity index (χ2v) is 12.1. The third-order valence-corrected chi connectivity index (χ3v) is 7.86. The fourth-order valence-corrected chi connectivity index (χ4v) is 6.39. The summed E-state index contributed by atoms with van der Waals surface area (Å²) in [6, 6.07) is 6.99. The number of rotatable bonds is 4. The number of halogens is 3. The summed E-state index contributed by atoms with van der Waals surface area (Å²) in [5.41, 5.74) is 2.28. The zero-order valence-corrected chi connectivity index (χ0v) is 21.7. The van der Waals surface area contributed by atoms with Crippen molar-refractivity contribution < 1.29 is 22.7 Å². The van der Waals surface area contributed by atoms with E-state index in [1.54, 1.807) is 11.1 Å². The predicted molar refractivity (Wildman–Crippen MR) is 133 cm³/mol. The maximum absolute atomic E-state index is 13.6. The maximum atomic E-state index is 13.6. The molecule has 10 heteroatoms. The van der Waals surface area contributed by atoms with E-state index in [1.165, 1.54) is 16.2 Å². The molecule has 3 aromatic rings. The summed E-state index contributed by atoms with van der Waals surface area (Å²) in [6.45, 7) is 7.60. The number of thiazole rings is 1. The Morgan fingerprint density at radius 3 is 2.64 bits per heavy atom. The number of nitrogens with one attached hydrogen (secondary N) is 1. The number of aromatic amines is 1. The molecule has 4 heterocycles. The molecule has 0 aliphatic carbocycles. The summed E-state index contributed by atoms with van der Waals surface area (Å²) in [6.07, 6.45) is -1.56. The molecule has 1 aromatic carbocycles. The van der Waals surface area contributed by atoms with Gasteiger partial charge in [-0.15, -0.1) is 11.3 Å². The van der Waals surface area contributed by atoms with Crippen LogP contribution in [-0.2, 0) is 17.6 Å². The molecule has 0 bridgehead atoms. The van der Waals surface area contributed by atoms with Crippen LogP contribution < -0.4 is 0 Å². The quantitative estimate of drug-likeness (QED) is 0.463. The molecule has 1 N–H and O–H groups in total. The Balaban J connectivity index is 1.37. The van der Waals surface area contributed by atoms with Gasteiger partial charge in [-0.05, 0) is 58.1 Å². The highest BCUT2D eigenvalue weighted by molar-refractivity contribution is 7.11. The van der Waals surface area contributed by atoms with Gasteiger partial charge in [-0.3, -0.25) is 4.90 Å². The second kappa shape index (κ2) is 9.06. The number of alkyl halides is 3. The van der Waals surface area contributed by atoms with E-state index < -0.39 is 24.4 Å². The van der Waals surface area contributed by atoms with Gasteiger partial charge in [0.1, 0.15) is 16.7 Å². The van der Waals surface area contributed by atoms with Gasteiger partial charge >= 0.3 is 12.3 Å². The molecule has 2 aliphatic rings. The third kappa shape index (κ3) is 5.11. The zero-order valence-electron chi connectivity index (χ0n) is 20.9. The Hall–Kier alpha value is -2.59. The average Bonchev–Trinajstić information content (AvgIpc) is 3.33. The lowest BCUT2D eigenvalue weighted by Gasteiger charge is -2.40. The first-order valence-corrected chi connectivity index (χ1v) is 13.0. The highest BCUT2D eigenvalue weighted by Gasteiger charge is 2.43. The van der Waals surface area contributed by atoms with Crippen LogP contribution in [0, 0.1) is 5.92 Å². The van der Waals surface area contributed by atoms with E-state index in [-0.39, 0.29) is 18.1 Å². The van der Waals surface area contributed by atoms with Crippen LogP contribution in [0.2, 0.25) is 0 Å². The highest BCUT2D eigenvalue weighted by Crippen LogP contribution is 2.43. The second-order valence-electron chi connectivity index (χ2n) is 10.9. The number of nitrogens with zero attached hydrogens (tertiary/aromatic N) is 3.